The predicted molar refractivity (Wildman–Crippen MR) is 77.0 cm³/mol. The van der Waals surface area contributed by atoms with E-state index < -0.39 is 0 Å². The predicted octanol–water partition coefficient (Wildman–Crippen LogP) is -0.197. The van der Waals surface area contributed by atoms with E-state index in [9.17, 15) is 4.79 Å². The lowest BCUT2D eigenvalue weighted by molar-refractivity contribution is -0.128. The standard InChI is InChI=1S/C14H22N4O2/c1-17-6-8-18(9-7-17)16-14(19)11-20-13-4-2-12(10-15)3-5-13/h2-5H,6-11,15H2,1H3,(H,16,19). The molecule has 1 aromatic carbocycles. The minimum atomic E-state index is -0.127. The summed E-state index contributed by atoms with van der Waals surface area (Å²) in [6.07, 6.45) is 0. The van der Waals surface area contributed by atoms with E-state index >= 15 is 0 Å². The van der Waals surface area contributed by atoms with Crippen molar-refractivity contribution in [3.05, 3.63) is 29.8 Å². The Kier molecular flexibility index (Phi) is 5.34. The van der Waals surface area contributed by atoms with Crippen LogP contribution in [0.5, 0.6) is 5.75 Å². The first-order valence-corrected chi connectivity index (χ1v) is 6.82. The van der Waals surface area contributed by atoms with Crippen molar-refractivity contribution in [2.45, 2.75) is 6.54 Å². The summed E-state index contributed by atoms with van der Waals surface area (Å²) in [6, 6.07) is 7.44. The van der Waals surface area contributed by atoms with Crippen molar-refractivity contribution < 1.29 is 9.53 Å². The molecule has 3 N–H and O–H groups in total. The summed E-state index contributed by atoms with van der Waals surface area (Å²) < 4.78 is 5.44. The molecule has 0 radical (unpaired) electrons. The maximum Gasteiger partial charge on any atom is 0.272 e. The van der Waals surface area contributed by atoms with E-state index in [1.807, 2.05) is 29.3 Å². The number of likely N-dealkylation sites (N-methyl/N-ethyl adjacent to an activating group) is 1. The van der Waals surface area contributed by atoms with Gasteiger partial charge in [0.25, 0.3) is 5.91 Å². The van der Waals surface area contributed by atoms with Gasteiger partial charge in [-0.05, 0) is 24.7 Å². The third kappa shape index (κ3) is 4.48. The highest BCUT2D eigenvalue weighted by Crippen LogP contribution is 2.11. The molecule has 0 bridgehead atoms. The third-order valence-electron chi connectivity index (χ3n) is 3.32. The van der Waals surface area contributed by atoms with Gasteiger partial charge in [-0.15, -0.1) is 0 Å². The second-order valence-corrected chi connectivity index (χ2v) is 4.96. The number of rotatable bonds is 5. The number of carbonyl (C=O) groups excluding carboxylic acids is 1. The fraction of sp³-hybridized carbons (Fsp3) is 0.500. The number of piperazine rings is 1. The lowest BCUT2D eigenvalue weighted by Crippen LogP contribution is -2.53. The Morgan fingerprint density at radius 2 is 1.90 bits per heavy atom. The first kappa shape index (κ1) is 14.8. The molecule has 1 fully saturated rings. The first-order chi connectivity index (χ1) is 9.67. The molecule has 1 saturated heterocycles. The summed E-state index contributed by atoms with van der Waals surface area (Å²) in [7, 11) is 2.08. The van der Waals surface area contributed by atoms with Crippen molar-refractivity contribution in [3.63, 3.8) is 0 Å². The molecule has 0 atom stereocenters. The summed E-state index contributed by atoms with van der Waals surface area (Å²) in [5.41, 5.74) is 9.42. The molecular formula is C14H22N4O2. The van der Waals surface area contributed by atoms with Crippen LogP contribution in [0.3, 0.4) is 0 Å². The molecular weight excluding hydrogens is 256 g/mol. The highest BCUT2D eigenvalue weighted by atomic mass is 16.5. The number of nitrogens with zero attached hydrogens (tertiary/aromatic N) is 2. The van der Waals surface area contributed by atoms with Crippen LogP contribution < -0.4 is 15.9 Å². The largest absolute Gasteiger partial charge is 0.484 e. The van der Waals surface area contributed by atoms with E-state index in [1.165, 1.54) is 0 Å². The Morgan fingerprint density at radius 3 is 2.50 bits per heavy atom. The van der Waals surface area contributed by atoms with Crippen LogP contribution in [-0.4, -0.2) is 55.6 Å². The van der Waals surface area contributed by atoms with Crippen LogP contribution >= 0.6 is 0 Å². The molecule has 1 amide bonds. The van der Waals surface area contributed by atoms with Crippen LogP contribution in [0.1, 0.15) is 5.56 Å². The van der Waals surface area contributed by atoms with Crippen LogP contribution in [-0.2, 0) is 11.3 Å². The molecule has 1 heterocycles. The first-order valence-electron chi connectivity index (χ1n) is 6.82. The molecule has 2 rings (SSSR count). The minimum absolute atomic E-state index is 0.0221. The van der Waals surface area contributed by atoms with Gasteiger partial charge >= 0.3 is 0 Å². The van der Waals surface area contributed by atoms with Gasteiger partial charge in [-0.1, -0.05) is 12.1 Å². The molecule has 0 saturated carbocycles. The van der Waals surface area contributed by atoms with Crippen LogP contribution in [0, 0.1) is 0 Å². The van der Waals surface area contributed by atoms with Gasteiger partial charge in [0.1, 0.15) is 5.75 Å². The summed E-state index contributed by atoms with van der Waals surface area (Å²) in [6.45, 7) is 4.13. The zero-order chi connectivity index (χ0) is 14.4. The van der Waals surface area contributed by atoms with E-state index in [4.69, 9.17) is 10.5 Å². The number of amides is 1. The van der Waals surface area contributed by atoms with Crippen molar-refractivity contribution in [3.8, 4) is 5.75 Å². The van der Waals surface area contributed by atoms with Crippen molar-refractivity contribution >= 4 is 5.91 Å². The van der Waals surface area contributed by atoms with Crippen molar-refractivity contribution in [2.24, 2.45) is 5.73 Å². The normalized spacial score (nSPS) is 16.9. The Hall–Kier alpha value is -1.63. The molecule has 1 aliphatic heterocycles. The summed E-state index contributed by atoms with van der Waals surface area (Å²) in [5, 5.41) is 1.93. The van der Waals surface area contributed by atoms with E-state index in [0.717, 1.165) is 31.7 Å². The van der Waals surface area contributed by atoms with Gasteiger partial charge in [-0.2, -0.15) is 0 Å². The third-order valence-corrected chi connectivity index (χ3v) is 3.32. The van der Waals surface area contributed by atoms with Crippen LogP contribution in [0.15, 0.2) is 24.3 Å². The number of benzene rings is 1. The van der Waals surface area contributed by atoms with Crippen molar-refractivity contribution in [1.82, 2.24) is 15.3 Å². The molecule has 20 heavy (non-hydrogen) atoms. The number of carbonyl (C=O) groups is 1. The maximum atomic E-state index is 11.8. The molecule has 0 unspecified atom stereocenters. The number of hydrazine groups is 1. The van der Waals surface area contributed by atoms with Gasteiger partial charge in [0.15, 0.2) is 6.61 Å². The topological polar surface area (TPSA) is 70.8 Å². The van der Waals surface area contributed by atoms with Crippen LogP contribution in [0.2, 0.25) is 0 Å². The lowest BCUT2D eigenvalue weighted by atomic mass is 10.2. The van der Waals surface area contributed by atoms with Gasteiger partial charge in [0, 0.05) is 32.7 Å². The molecule has 0 aliphatic carbocycles. The van der Waals surface area contributed by atoms with Crippen LogP contribution in [0.4, 0.5) is 0 Å². The molecule has 1 aromatic rings. The number of nitrogens with one attached hydrogen (secondary N) is 1. The van der Waals surface area contributed by atoms with Crippen molar-refractivity contribution in [1.29, 1.82) is 0 Å². The Bertz CT molecular complexity index is 427. The van der Waals surface area contributed by atoms with Gasteiger partial charge < -0.3 is 15.4 Å². The zero-order valence-electron chi connectivity index (χ0n) is 11.8. The zero-order valence-corrected chi connectivity index (χ0v) is 11.8. The van der Waals surface area contributed by atoms with Crippen LogP contribution in [0.25, 0.3) is 0 Å². The Morgan fingerprint density at radius 1 is 1.25 bits per heavy atom. The van der Waals surface area contributed by atoms with Gasteiger partial charge in [-0.3, -0.25) is 10.2 Å². The average molecular weight is 278 g/mol. The van der Waals surface area contributed by atoms with Gasteiger partial charge in [0.05, 0.1) is 0 Å². The lowest BCUT2D eigenvalue weighted by Gasteiger charge is -2.32. The molecule has 110 valence electrons. The highest BCUT2D eigenvalue weighted by molar-refractivity contribution is 5.77. The smallest absolute Gasteiger partial charge is 0.272 e. The number of nitrogens with two attached hydrogens (primary N) is 1. The monoisotopic (exact) mass is 278 g/mol. The van der Waals surface area contributed by atoms with Gasteiger partial charge in [0.2, 0.25) is 0 Å². The number of hydrogen-bond acceptors (Lipinski definition) is 5. The van der Waals surface area contributed by atoms with E-state index in [2.05, 4.69) is 17.4 Å². The van der Waals surface area contributed by atoms with E-state index in [1.54, 1.807) is 0 Å². The summed E-state index contributed by atoms with van der Waals surface area (Å²) in [4.78, 5) is 14.0. The number of hydrogen-bond donors (Lipinski definition) is 2. The molecule has 6 heteroatoms. The fourth-order valence-corrected chi connectivity index (χ4v) is 2.00. The summed E-state index contributed by atoms with van der Waals surface area (Å²) in [5.74, 6) is 0.549. The highest BCUT2D eigenvalue weighted by Gasteiger charge is 2.15. The SMILES string of the molecule is CN1CCN(NC(=O)COc2ccc(CN)cc2)CC1. The Labute approximate surface area is 119 Å². The second-order valence-electron chi connectivity index (χ2n) is 4.96. The van der Waals surface area contributed by atoms with Gasteiger partial charge in [-0.25, -0.2) is 5.01 Å². The molecule has 6 nitrogen and oxygen atoms in total. The Balaban J connectivity index is 1.71. The van der Waals surface area contributed by atoms with E-state index in [-0.39, 0.29) is 12.5 Å². The second kappa shape index (κ2) is 7.23. The average Bonchev–Trinajstić information content (AvgIpc) is 2.48. The molecule has 0 spiro atoms. The maximum absolute atomic E-state index is 11.8. The number of ether oxygens (including phenoxy) is 1. The molecule has 0 aromatic heterocycles. The fourth-order valence-electron chi connectivity index (χ4n) is 2.00. The van der Waals surface area contributed by atoms with Crippen molar-refractivity contribution in [2.75, 3.05) is 39.8 Å². The quantitative estimate of drug-likeness (QED) is 0.781. The minimum Gasteiger partial charge on any atom is -0.484 e. The summed E-state index contributed by atoms with van der Waals surface area (Å²) >= 11 is 0. The molecule has 1 aliphatic rings. The van der Waals surface area contributed by atoms with E-state index in [0.29, 0.717) is 12.3 Å².